The molecule has 3 rings (SSSR count). The van der Waals surface area contributed by atoms with Crippen LogP contribution in [0.1, 0.15) is 15.3 Å². The summed E-state index contributed by atoms with van der Waals surface area (Å²) in [4.78, 5) is 17.7. The molecule has 1 aliphatic heterocycles. The van der Waals surface area contributed by atoms with Gasteiger partial charge in [-0.2, -0.15) is 0 Å². The lowest BCUT2D eigenvalue weighted by Gasteiger charge is -1.96. The smallest absolute Gasteiger partial charge is 0.363 e. The summed E-state index contributed by atoms with van der Waals surface area (Å²) in [7, 11) is 0. The van der Waals surface area contributed by atoms with Crippen molar-refractivity contribution in [1.82, 2.24) is 0 Å². The van der Waals surface area contributed by atoms with Crippen LogP contribution in [0, 0.1) is 18.6 Å². The van der Waals surface area contributed by atoms with Crippen molar-refractivity contribution in [1.29, 1.82) is 0 Å². The highest BCUT2D eigenvalue weighted by Gasteiger charge is 2.25. The molecule has 2 heterocycles. The quantitative estimate of drug-likeness (QED) is 0.627. The van der Waals surface area contributed by atoms with Gasteiger partial charge in [0.1, 0.15) is 0 Å². The van der Waals surface area contributed by atoms with Crippen molar-refractivity contribution >= 4 is 29.3 Å². The molecular weight excluding hydrogens is 296 g/mol. The molecule has 0 atom stereocenters. The van der Waals surface area contributed by atoms with Gasteiger partial charge in [0.2, 0.25) is 5.90 Å². The summed E-state index contributed by atoms with van der Waals surface area (Å²) >= 11 is 1.45. The number of esters is 1. The molecule has 6 heteroatoms. The van der Waals surface area contributed by atoms with Crippen molar-refractivity contribution in [2.75, 3.05) is 0 Å². The molecule has 0 amide bonds. The third-order valence-corrected chi connectivity index (χ3v) is 3.81. The van der Waals surface area contributed by atoms with Crippen LogP contribution in [0.4, 0.5) is 8.78 Å². The van der Waals surface area contributed by atoms with Gasteiger partial charge in [-0.1, -0.05) is 6.07 Å². The second kappa shape index (κ2) is 5.21. The van der Waals surface area contributed by atoms with E-state index in [0.717, 1.165) is 21.9 Å². The molecule has 0 saturated heterocycles. The van der Waals surface area contributed by atoms with Gasteiger partial charge < -0.3 is 4.74 Å². The Morgan fingerprint density at radius 3 is 2.67 bits per heavy atom. The van der Waals surface area contributed by atoms with E-state index in [4.69, 9.17) is 4.74 Å². The lowest BCUT2D eigenvalue weighted by Crippen LogP contribution is -2.03. The van der Waals surface area contributed by atoms with E-state index in [-0.39, 0.29) is 11.6 Å². The van der Waals surface area contributed by atoms with E-state index < -0.39 is 17.6 Å². The van der Waals surface area contributed by atoms with E-state index in [2.05, 4.69) is 4.99 Å². The van der Waals surface area contributed by atoms with Gasteiger partial charge in [-0.05, 0) is 42.8 Å². The van der Waals surface area contributed by atoms with Crippen molar-refractivity contribution < 1.29 is 18.3 Å². The van der Waals surface area contributed by atoms with E-state index in [1.54, 1.807) is 0 Å². The van der Waals surface area contributed by atoms with Crippen LogP contribution in [-0.2, 0) is 9.53 Å². The molecular formula is C15H9F2NO2S. The molecule has 2 aromatic rings. The van der Waals surface area contributed by atoms with Crippen molar-refractivity contribution in [2.45, 2.75) is 6.92 Å². The normalized spacial score (nSPS) is 16.2. The first kappa shape index (κ1) is 13.6. The van der Waals surface area contributed by atoms with Gasteiger partial charge >= 0.3 is 5.97 Å². The molecule has 3 nitrogen and oxygen atoms in total. The van der Waals surface area contributed by atoms with Crippen molar-refractivity contribution in [3.63, 3.8) is 0 Å². The SMILES string of the molecule is Cc1ccc(C2=N/C(=C\c3ccc(F)c(F)c3)C(=O)O2)s1. The van der Waals surface area contributed by atoms with Gasteiger partial charge in [0, 0.05) is 4.88 Å². The second-order valence-corrected chi connectivity index (χ2v) is 5.71. The number of hydrogen-bond donors (Lipinski definition) is 0. The van der Waals surface area contributed by atoms with Gasteiger partial charge in [0.15, 0.2) is 17.3 Å². The summed E-state index contributed by atoms with van der Waals surface area (Å²) in [5.74, 6) is -2.30. The number of carbonyl (C=O) groups is 1. The Bertz CT molecular complexity index is 793. The highest BCUT2D eigenvalue weighted by molar-refractivity contribution is 7.14. The zero-order valence-electron chi connectivity index (χ0n) is 10.9. The van der Waals surface area contributed by atoms with E-state index in [9.17, 15) is 13.6 Å². The number of ether oxygens (including phenoxy) is 1. The molecule has 0 saturated carbocycles. The Balaban J connectivity index is 1.94. The predicted molar refractivity (Wildman–Crippen MR) is 76.0 cm³/mol. The molecule has 21 heavy (non-hydrogen) atoms. The topological polar surface area (TPSA) is 38.7 Å². The van der Waals surface area contributed by atoms with Gasteiger partial charge in [0.05, 0.1) is 4.88 Å². The zero-order valence-corrected chi connectivity index (χ0v) is 11.7. The minimum absolute atomic E-state index is 0.0575. The van der Waals surface area contributed by atoms with Crippen molar-refractivity contribution in [3.05, 3.63) is 63.0 Å². The maximum absolute atomic E-state index is 13.1. The summed E-state index contributed by atoms with van der Waals surface area (Å²) in [5, 5.41) is 0. The third kappa shape index (κ3) is 2.75. The van der Waals surface area contributed by atoms with Gasteiger partial charge in [0.25, 0.3) is 0 Å². The summed E-state index contributed by atoms with van der Waals surface area (Å²) in [6, 6.07) is 7.06. The minimum atomic E-state index is -0.978. The van der Waals surface area contributed by atoms with Crippen LogP contribution >= 0.6 is 11.3 Å². The predicted octanol–water partition coefficient (Wildman–Crippen LogP) is 3.68. The maximum Gasteiger partial charge on any atom is 0.363 e. The Kier molecular flexibility index (Phi) is 3.39. The van der Waals surface area contributed by atoms with Crippen LogP contribution in [-0.4, -0.2) is 11.9 Å². The first-order valence-corrected chi connectivity index (χ1v) is 6.89. The molecule has 1 aliphatic rings. The number of cyclic esters (lactones) is 1. The number of halogens is 2. The molecule has 1 aromatic heterocycles. The standard InChI is InChI=1S/C15H9F2NO2S/c1-8-2-5-13(21-8)14-18-12(15(19)20-14)7-9-3-4-10(16)11(17)6-9/h2-7H,1H3/b12-7-. The first-order chi connectivity index (χ1) is 10.0. The van der Waals surface area contributed by atoms with Crippen LogP contribution in [0.2, 0.25) is 0 Å². The fraction of sp³-hybridized carbons (Fsp3) is 0.0667. The molecule has 0 bridgehead atoms. The zero-order chi connectivity index (χ0) is 15.0. The first-order valence-electron chi connectivity index (χ1n) is 6.07. The monoisotopic (exact) mass is 305 g/mol. The van der Waals surface area contributed by atoms with Gasteiger partial charge in [-0.3, -0.25) is 0 Å². The summed E-state index contributed by atoms with van der Waals surface area (Å²) < 4.78 is 31.1. The molecule has 0 fully saturated rings. The maximum atomic E-state index is 13.1. The number of aliphatic imine (C=N–C) groups is 1. The number of benzene rings is 1. The number of rotatable bonds is 2. The fourth-order valence-corrected chi connectivity index (χ4v) is 2.62. The van der Waals surface area contributed by atoms with Crippen LogP contribution in [0.25, 0.3) is 6.08 Å². The minimum Gasteiger partial charge on any atom is -0.401 e. The van der Waals surface area contributed by atoms with E-state index in [0.29, 0.717) is 5.56 Å². The number of carbonyl (C=O) groups excluding carboxylic acids is 1. The molecule has 0 radical (unpaired) electrons. The number of thiophene rings is 1. The molecule has 1 aromatic carbocycles. The molecule has 0 unspecified atom stereocenters. The number of aryl methyl sites for hydroxylation is 1. The third-order valence-electron chi connectivity index (χ3n) is 2.82. The average molecular weight is 305 g/mol. The van der Waals surface area contributed by atoms with Gasteiger partial charge in [-0.15, -0.1) is 11.3 Å². The van der Waals surface area contributed by atoms with Crippen LogP contribution < -0.4 is 0 Å². The molecule has 106 valence electrons. The molecule has 0 N–H and O–H groups in total. The number of hydrogen-bond acceptors (Lipinski definition) is 4. The average Bonchev–Trinajstić information content (AvgIpc) is 3.01. The van der Waals surface area contributed by atoms with E-state index in [1.807, 2.05) is 19.1 Å². The summed E-state index contributed by atoms with van der Waals surface area (Å²) in [6.07, 6.45) is 1.36. The second-order valence-electron chi connectivity index (χ2n) is 4.42. The Morgan fingerprint density at radius 2 is 2.00 bits per heavy atom. The van der Waals surface area contributed by atoms with E-state index in [1.165, 1.54) is 23.5 Å². The van der Waals surface area contributed by atoms with Crippen LogP contribution in [0.5, 0.6) is 0 Å². The summed E-state index contributed by atoms with van der Waals surface area (Å²) in [6.45, 7) is 1.93. The molecule has 0 spiro atoms. The van der Waals surface area contributed by atoms with Gasteiger partial charge in [-0.25, -0.2) is 18.6 Å². The Hall–Kier alpha value is -2.34. The Labute approximate surface area is 123 Å². The largest absolute Gasteiger partial charge is 0.401 e. The Morgan fingerprint density at radius 1 is 1.19 bits per heavy atom. The highest BCUT2D eigenvalue weighted by Crippen LogP contribution is 2.23. The van der Waals surface area contributed by atoms with Crippen LogP contribution in [0.15, 0.2) is 41.0 Å². The van der Waals surface area contributed by atoms with Crippen molar-refractivity contribution in [3.8, 4) is 0 Å². The lowest BCUT2D eigenvalue weighted by atomic mass is 10.2. The van der Waals surface area contributed by atoms with Crippen molar-refractivity contribution in [2.24, 2.45) is 4.99 Å². The molecule has 0 aliphatic carbocycles. The fourth-order valence-electron chi connectivity index (χ4n) is 1.82. The lowest BCUT2D eigenvalue weighted by molar-refractivity contribution is -0.129. The summed E-state index contributed by atoms with van der Waals surface area (Å²) in [5.41, 5.74) is 0.398. The number of nitrogens with zero attached hydrogens (tertiary/aromatic N) is 1. The van der Waals surface area contributed by atoms with E-state index >= 15 is 0 Å². The highest BCUT2D eigenvalue weighted by atomic mass is 32.1. The van der Waals surface area contributed by atoms with Crippen LogP contribution in [0.3, 0.4) is 0 Å².